The van der Waals surface area contributed by atoms with E-state index < -0.39 is 0 Å². The third-order valence-electron chi connectivity index (χ3n) is 3.95. The Morgan fingerprint density at radius 2 is 1.32 bits per heavy atom. The van der Waals surface area contributed by atoms with Gasteiger partial charge in [0.05, 0.1) is 19.5 Å². The normalized spacial score (nSPS) is 10.7. The highest BCUT2D eigenvalue weighted by atomic mass is 16.5. The van der Waals surface area contributed by atoms with E-state index in [1.807, 2.05) is 81.4 Å². The maximum absolute atomic E-state index is 5.86. The third kappa shape index (κ3) is 34.9. The molecule has 2 heteroatoms. The van der Waals surface area contributed by atoms with Crippen LogP contribution < -0.4 is 0 Å². The monoisotopic (exact) mass is 483 g/mol. The molecule has 0 N–H and O–H groups in total. The molecule has 0 aromatic rings. The Balaban J connectivity index is -0.000000138. The van der Waals surface area contributed by atoms with Gasteiger partial charge >= 0.3 is 0 Å². The molecule has 0 aromatic heterocycles. The summed E-state index contributed by atoms with van der Waals surface area (Å²) < 4.78 is 11.1. The second kappa shape index (κ2) is 48.7. The first kappa shape index (κ1) is 45.7. The fourth-order valence-corrected chi connectivity index (χ4v) is 1.96. The first-order valence-electron chi connectivity index (χ1n) is 14.1. The van der Waals surface area contributed by atoms with Crippen molar-refractivity contribution in [3.05, 3.63) is 59.6 Å². The summed E-state index contributed by atoms with van der Waals surface area (Å²) in [6.07, 6.45) is 17.0. The van der Waals surface area contributed by atoms with Gasteiger partial charge in [-0.15, -0.1) is 0 Å². The molecule has 0 bridgehead atoms. The average molecular weight is 483 g/mol. The number of ether oxygens (including phenoxy) is 2. The van der Waals surface area contributed by atoms with E-state index in [1.54, 1.807) is 7.11 Å². The van der Waals surface area contributed by atoms with Gasteiger partial charge in [0.25, 0.3) is 0 Å². The highest BCUT2D eigenvalue weighted by molar-refractivity contribution is 5.32. The quantitative estimate of drug-likeness (QED) is 0.156. The van der Waals surface area contributed by atoms with Gasteiger partial charge in [-0.05, 0) is 44.8 Å². The number of rotatable bonds is 12. The van der Waals surface area contributed by atoms with Crippen molar-refractivity contribution in [2.45, 2.75) is 135 Å². The smallest absolute Gasteiger partial charge is 0.117 e. The lowest BCUT2D eigenvalue weighted by atomic mass is 10.1. The molecular weight excluding hydrogens is 416 g/mol. The maximum Gasteiger partial charge on any atom is 0.117 e. The fraction of sp³-hybridized carbons (Fsp3) is 0.688. The number of hydrogen-bond donors (Lipinski definition) is 0. The van der Waals surface area contributed by atoms with E-state index in [4.69, 9.17) is 9.47 Å². The minimum absolute atomic E-state index is 0.791. The minimum atomic E-state index is 0.791. The maximum atomic E-state index is 5.86. The lowest BCUT2D eigenvalue weighted by molar-refractivity contribution is 0.213. The van der Waals surface area contributed by atoms with Crippen LogP contribution in [0.4, 0.5) is 0 Å². The Bertz CT molecular complexity index is 463. The summed E-state index contributed by atoms with van der Waals surface area (Å²) in [6, 6.07) is 0. The van der Waals surface area contributed by atoms with Crippen LogP contribution in [0, 0.1) is 0 Å². The highest BCUT2D eigenvalue weighted by Crippen LogP contribution is 2.17. The van der Waals surface area contributed by atoms with E-state index in [0.717, 1.165) is 49.4 Å². The molecule has 0 radical (unpaired) electrons. The molecule has 0 spiro atoms. The summed E-state index contributed by atoms with van der Waals surface area (Å²) in [4.78, 5) is 0. The van der Waals surface area contributed by atoms with Crippen molar-refractivity contribution < 1.29 is 9.47 Å². The molecule has 2 nitrogen and oxygen atoms in total. The van der Waals surface area contributed by atoms with Crippen LogP contribution >= 0.6 is 0 Å². The molecule has 206 valence electrons. The van der Waals surface area contributed by atoms with E-state index in [2.05, 4.69) is 52.5 Å². The summed E-state index contributed by atoms with van der Waals surface area (Å²) in [6.45, 7) is 33.3. The second-order valence-corrected chi connectivity index (χ2v) is 6.00. The molecule has 0 atom stereocenters. The molecule has 0 amide bonds. The van der Waals surface area contributed by atoms with Crippen molar-refractivity contribution in [2.75, 3.05) is 13.7 Å². The van der Waals surface area contributed by atoms with Crippen molar-refractivity contribution in [1.82, 2.24) is 0 Å². The Morgan fingerprint density at radius 3 is 1.65 bits per heavy atom. The van der Waals surface area contributed by atoms with Gasteiger partial charge in [0.1, 0.15) is 5.76 Å². The van der Waals surface area contributed by atoms with E-state index in [9.17, 15) is 0 Å². The summed E-state index contributed by atoms with van der Waals surface area (Å²) >= 11 is 0. The Kier molecular flexibility index (Phi) is 65.5. The van der Waals surface area contributed by atoms with E-state index in [1.165, 1.54) is 18.4 Å². The van der Waals surface area contributed by atoms with Crippen LogP contribution in [0.25, 0.3) is 0 Å². The Hall–Kier alpha value is -1.70. The molecule has 0 saturated heterocycles. The van der Waals surface area contributed by atoms with Crippen LogP contribution in [-0.4, -0.2) is 13.7 Å². The Labute approximate surface area is 218 Å². The van der Waals surface area contributed by atoms with Crippen LogP contribution in [0.15, 0.2) is 59.6 Å². The van der Waals surface area contributed by atoms with Crippen LogP contribution in [-0.2, 0) is 9.47 Å². The van der Waals surface area contributed by atoms with Crippen molar-refractivity contribution in [2.24, 2.45) is 0 Å². The Morgan fingerprint density at radius 1 is 0.824 bits per heavy atom. The van der Waals surface area contributed by atoms with E-state index >= 15 is 0 Å². The fourth-order valence-electron chi connectivity index (χ4n) is 1.96. The molecule has 34 heavy (non-hydrogen) atoms. The van der Waals surface area contributed by atoms with Gasteiger partial charge in [-0.2, -0.15) is 0 Å². The van der Waals surface area contributed by atoms with Crippen LogP contribution in [0.3, 0.4) is 0 Å². The predicted molar refractivity (Wildman–Crippen MR) is 163 cm³/mol. The van der Waals surface area contributed by atoms with E-state index in [0.29, 0.717) is 0 Å². The van der Waals surface area contributed by atoms with Gasteiger partial charge in [-0.1, -0.05) is 133 Å². The molecule has 0 rings (SSSR count). The second-order valence-electron chi connectivity index (χ2n) is 6.00. The van der Waals surface area contributed by atoms with Gasteiger partial charge in [0.15, 0.2) is 0 Å². The summed E-state index contributed by atoms with van der Waals surface area (Å²) in [5.74, 6) is 1.89. The number of methoxy groups -OCH3 is 1. The predicted octanol–water partition coefficient (Wildman–Crippen LogP) is 12.0. The molecule has 0 aliphatic heterocycles. The SMILES string of the molecule is C=CC(/C=C/C/C=C(CC)\C(=C/C)OCCCC)=C(\C)OC.CC.CC.CC.CC.CCCC. The lowest BCUT2D eigenvalue weighted by Crippen LogP contribution is -1.98. The topological polar surface area (TPSA) is 18.5 Å². The first-order valence-corrected chi connectivity index (χ1v) is 14.1. The third-order valence-corrected chi connectivity index (χ3v) is 3.95. The van der Waals surface area contributed by atoms with Crippen molar-refractivity contribution in [1.29, 1.82) is 0 Å². The first-order chi connectivity index (χ1) is 16.6. The molecule has 0 aliphatic carbocycles. The van der Waals surface area contributed by atoms with Crippen molar-refractivity contribution >= 4 is 0 Å². The number of allylic oxidation sites excluding steroid dienone is 8. The zero-order valence-electron chi connectivity index (χ0n) is 26.4. The van der Waals surface area contributed by atoms with Crippen LogP contribution in [0.1, 0.15) is 135 Å². The van der Waals surface area contributed by atoms with E-state index in [-0.39, 0.29) is 0 Å². The van der Waals surface area contributed by atoms with Gasteiger partial charge in [-0.3, -0.25) is 0 Å². The molecule has 0 heterocycles. The van der Waals surface area contributed by atoms with Crippen molar-refractivity contribution in [3.8, 4) is 0 Å². The highest BCUT2D eigenvalue weighted by Gasteiger charge is 2.02. The molecule has 0 fully saturated rings. The number of unbranched alkanes of at least 4 members (excludes halogenated alkanes) is 2. The molecule has 0 aliphatic rings. The minimum Gasteiger partial charge on any atom is -0.501 e. The summed E-state index contributed by atoms with van der Waals surface area (Å²) in [5, 5.41) is 0. The lowest BCUT2D eigenvalue weighted by Gasteiger charge is -2.12. The van der Waals surface area contributed by atoms with Crippen LogP contribution in [0.2, 0.25) is 0 Å². The molecule has 0 aromatic carbocycles. The molecular formula is C32H66O2. The van der Waals surface area contributed by atoms with Gasteiger partial charge in [0, 0.05) is 5.57 Å². The zero-order chi connectivity index (χ0) is 28.2. The average Bonchev–Trinajstić information content (AvgIpc) is 2.93. The molecule has 0 unspecified atom stereocenters. The van der Waals surface area contributed by atoms with Crippen molar-refractivity contribution in [3.63, 3.8) is 0 Å². The standard InChI is InChI=1S/C20H32O2.C4H10.4C2H6/c1-7-11-16-22-20(10-4)19(9-3)15-13-12-14-18(8-2)17(5)21-6;1-3-4-2;4*1-2/h8,10,12,14-15H,2,7,9,11,13,16H2,1,3-6H3;3-4H2,1-2H3;4*1-2H3/b14-12+,18-17-,19-15-,20-10+;;;;;. The largest absolute Gasteiger partial charge is 0.501 e. The molecule has 0 saturated carbocycles. The van der Waals surface area contributed by atoms with Gasteiger partial charge in [0.2, 0.25) is 0 Å². The summed E-state index contributed by atoms with van der Waals surface area (Å²) in [7, 11) is 1.67. The van der Waals surface area contributed by atoms with Crippen LogP contribution in [0.5, 0.6) is 0 Å². The zero-order valence-corrected chi connectivity index (χ0v) is 26.4. The van der Waals surface area contributed by atoms with Gasteiger partial charge in [-0.25, -0.2) is 0 Å². The number of hydrogen-bond acceptors (Lipinski definition) is 2. The summed E-state index contributed by atoms with van der Waals surface area (Å²) in [5.41, 5.74) is 2.27. The van der Waals surface area contributed by atoms with Gasteiger partial charge < -0.3 is 9.47 Å².